The van der Waals surface area contributed by atoms with Gasteiger partial charge in [0.2, 0.25) is 5.91 Å². The molecule has 0 saturated carbocycles. The highest BCUT2D eigenvalue weighted by Gasteiger charge is 2.24. The first-order valence-electron chi connectivity index (χ1n) is 11.4. The SMILES string of the molecule is CNC(=O)C(Cc1cccc(Br)c1)NC(=O)c1cc(-c2ccccc2)nn1Cc1ccccc1C. The lowest BCUT2D eigenvalue weighted by atomic mass is 10.0. The molecular weight excluding hydrogens is 504 g/mol. The van der Waals surface area contributed by atoms with Crippen molar-refractivity contribution in [3.8, 4) is 11.3 Å². The Balaban J connectivity index is 1.66. The second kappa shape index (κ2) is 11.1. The molecule has 4 rings (SSSR count). The van der Waals surface area contributed by atoms with E-state index >= 15 is 0 Å². The van der Waals surface area contributed by atoms with Crippen molar-refractivity contribution in [2.75, 3.05) is 7.05 Å². The van der Waals surface area contributed by atoms with Gasteiger partial charge >= 0.3 is 0 Å². The number of rotatable bonds is 8. The van der Waals surface area contributed by atoms with Gasteiger partial charge in [-0.3, -0.25) is 14.3 Å². The van der Waals surface area contributed by atoms with Crippen LogP contribution < -0.4 is 10.6 Å². The van der Waals surface area contributed by atoms with E-state index in [-0.39, 0.29) is 11.8 Å². The maximum absolute atomic E-state index is 13.5. The van der Waals surface area contributed by atoms with Gasteiger partial charge in [0.1, 0.15) is 11.7 Å². The maximum Gasteiger partial charge on any atom is 0.270 e. The van der Waals surface area contributed by atoms with Crippen LogP contribution in [0.3, 0.4) is 0 Å². The number of hydrogen-bond donors (Lipinski definition) is 2. The molecular formula is C28H27BrN4O2. The Morgan fingerprint density at radius 1 is 0.971 bits per heavy atom. The molecule has 4 aromatic rings. The highest BCUT2D eigenvalue weighted by Crippen LogP contribution is 2.21. The predicted molar refractivity (Wildman–Crippen MR) is 141 cm³/mol. The minimum atomic E-state index is -0.733. The zero-order chi connectivity index (χ0) is 24.8. The lowest BCUT2D eigenvalue weighted by Crippen LogP contribution is -2.47. The van der Waals surface area contributed by atoms with Crippen molar-refractivity contribution >= 4 is 27.7 Å². The molecule has 0 aliphatic heterocycles. The molecule has 0 aliphatic carbocycles. The molecule has 1 aromatic heterocycles. The largest absolute Gasteiger partial charge is 0.357 e. The van der Waals surface area contributed by atoms with Gasteiger partial charge in [-0.1, -0.05) is 82.7 Å². The highest BCUT2D eigenvalue weighted by molar-refractivity contribution is 9.10. The van der Waals surface area contributed by atoms with E-state index in [4.69, 9.17) is 5.10 Å². The second-order valence-electron chi connectivity index (χ2n) is 8.34. The van der Waals surface area contributed by atoms with Crippen molar-refractivity contribution in [2.45, 2.75) is 25.9 Å². The standard InChI is InChI=1S/C28H27BrN4O2/c1-19-9-6-7-13-22(19)18-33-26(17-24(32-33)21-11-4-3-5-12-21)28(35)31-25(27(34)30-2)16-20-10-8-14-23(29)15-20/h3-15,17,25H,16,18H2,1-2H3,(H,30,34)(H,31,35). The number of nitrogens with one attached hydrogen (secondary N) is 2. The van der Waals surface area contributed by atoms with Crippen LogP contribution in [-0.2, 0) is 17.8 Å². The van der Waals surface area contributed by atoms with Gasteiger partial charge in [-0.15, -0.1) is 0 Å². The zero-order valence-corrected chi connectivity index (χ0v) is 21.2. The minimum Gasteiger partial charge on any atom is -0.357 e. The Kier molecular flexibility index (Phi) is 7.77. The average molecular weight is 531 g/mol. The lowest BCUT2D eigenvalue weighted by Gasteiger charge is -2.18. The average Bonchev–Trinajstić information content (AvgIpc) is 3.29. The molecule has 6 nitrogen and oxygen atoms in total. The third-order valence-electron chi connectivity index (χ3n) is 5.86. The van der Waals surface area contributed by atoms with Crippen molar-refractivity contribution in [3.63, 3.8) is 0 Å². The van der Waals surface area contributed by atoms with Crippen LogP contribution in [0.5, 0.6) is 0 Å². The van der Waals surface area contributed by atoms with Crippen molar-refractivity contribution in [1.82, 2.24) is 20.4 Å². The zero-order valence-electron chi connectivity index (χ0n) is 19.7. The van der Waals surface area contributed by atoms with Gasteiger partial charge in [-0.2, -0.15) is 5.10 Å². The molecule has 1 unspecified atom stereocenters. The van der Waals surface area contributed by atoms with Crippen molar-refractivity contribution in [3.05, 3.63) is 112 Å². The van der Waals surface area contributed by atoms with E-state index in [1.165, 1.54) is 0 Å². The van der Waals surface area contributed by atoms with Crippen molar-refractivity contribution in [1.29, 1.82) is 0 Å². The Bertz CT molecular complexity index is 1330. The summed E-state index contributed by atoms with van der Waals surface area (Å²) in [6.45, 7) is 2.48. The summed E-state index contributed by atoms with van der Waals surface area (Å²) in [6, 6.07) is 26.5. The topological polar surface area (TPSA) is 76.0 Å². The Morgan fingerprint density at radius 3 is 2.43 bits per heavy atom. The van der Waals surface area contributed by atoms with Crippen LogP contribution in [0, 0.1) is 6.92 Å². The normalized spacial score (nSPS) is 11.6. The summed E-state index contributed by atoms with van der Waals surface area (Å²) in [5, 5.41) is 10.3. The first-order valence-corrected chi connectivity index (χ1v) is 12.2. The molecule has 3 aromatic carbocycles. The molecule has 35 heavy (non-hydrogen) atoms. The molecule has 7 heteroatoms. The number of amides is 2. The molecule has 0 fully saturated rings. The van der Waals surface area contributed by atoms with E-state index in [0.29, 0.717) is 24.4 Å². The van der Waals surface area contributed by atoms with E-state index in [0.717, 1.165) is 26.7 Å². The maximum atomic E-state index is 13.5. The number of likely N-dealkylation sites (N-methyl/N-ethyl adjacent to an activating group) is 1. The van der Waals surface area contributed by atoms with E-state index in [1.807, 2.05) is 85.8 Å². The second-order valence-corrected chi connectivity index (χ2v) is 9.25. The van der Waals surface area contributed by atoms with E-state index in [1.54, 1.807) is 17.8 Å². The van der Waals surface area contributed by atoms with Crippen LogP contribution in [0.25, 0.3) is 11.3 Å². The van der Waals surface area contributed by atoms with E-state index in [9.17, 15) is 9.59 Å². The van der Waals surface area contributed by atoms with Gasteiger partial charge in [0, 0.05) is 23.5 Å². The number of halogens is 1. The van der Waals surface area contributed by atoms with Gasteiger partial charge in [0.05, 0.1) is 12.2 Å². The van der Waals surface area contributed by atoms with Crippen LogP contribution in [0.15, 0.2) is 89.4 Å². The van der Waals surface area contributed by atoms with E-state index < -0.39 is 6.04 Å². The molecule has 1 atom stereocenters. The number of aryl methyl sites for hydroxylation is 1. The quantitative estimate of drug-likeness (QED) is 0.345. The Hall–Kier alpha value is -3.71. The third kappa shape index (κ3) is 6.05. The van der Waals surface area contributed by atoms with Gasteiger partial charge in [-0.05, 0) is 41.8 Å². The van der Waals surface area contributed by atoms with Crippen molar-refractivity contribution in [2.24, 2.45) is 0 Å². The van der Waals surface area contributed by atoms with Crippen molar-refractivity contribution < 1.29 is 9.59 Å². The Morgan fingerprint density at radius 2 is 1.71 bits per heavy atom. The molecule has 1 heterocycles. The van der Waals surface area contributed by atoms with Gasteiger partial charge in [0.25, 0.3) is 5.91 Å². The number of nitrogens with zero attached hydrogens (tertiary/aromatic N) is 2. The molecule has 0 radical (unpaired) electrons. The van der Waals surface area contributed by atoms with Crippen LogP contribution in [0.1, 0.15) is 27.2 Å². The fraction of sp³-hybridized carbons (Fsp3) is 0.179. The molecule has 0 bridgehead atoms. The monoisotopic (exact) mass is 530 g/mol. The summed E-state index contributed by atoms with van der Waals surface area (Å²) in [4.78, 5) is 26.2. The summed E-state index contributed by atoms with van der Waals surface area (Å²) >= 11 is 3.47. The predicted octanol–water partition coefficient (Wildman–Crippen LogP) is 4.76. The molecule has 2 N–H and O–H groups in total. The summed E-state index contributed by atoms with van der Waals surface area (Å²) in [7, 11) is 1.57. The number of carbonyl (C=O) groups is 2. The molecule has 0 saturated heterocycles. The number of hydrogen-bond acceptors (Lipinski definition) is 3. The summed E-state index contributed by atoms with van der Waals surface area (Å²) in [6.07, 6.45) is 0.363. The smallest absolute Gasteiger partial charge is 0.270 e. The fourth-order valence-corrected chi connectivity index (χ4v) is 4.38. The fourth-order valence-electron chi connectivity index (χ4n) is 3.93. The number of carbonyl (C=O) groups excluding carboxylic acids is 2. The molecule has 178 valence electrons. The minimum absolute atomic E-state index is 0.258. The van der Waals surface area contributed by atoms with Crippen LogP contribution >= 0.6 is 15.9 Å². The number of aromatic nitrogens is 2. The molecule has 0 aliphatic rings. The van der Waals surface area contributed by atoms with Crippen LogP contribution in [-0.4, -0.2) is 34.7 Å². The summed E-state index contributed by atoms with van der Waals surface area (Å²) < 4.78 is 2.63. The first-order chi connectivity index (χ1) is 16.9. The number of benzene rings is 3. The lowest BCUT2D eigenvalue weighted by molar-refractivity contribution is -0.122. The highest BCUT2D eigenvalue weighted by atomic mass is 79.9. The Labute approximate surface area is 213 Å². The van der Waals surface area contributed by atoms with Gasteiger partial charge < -0.3 is 10.6 Å². The molecule has 2 amide bonds. The summed E-state index contributed by atoms with van der Waals surface area (Å²) in [5.41, 5.74) is 5.14. The van der Waals surface area contributed by atoms with Crippen LogP contribution in [0.2, 0.25) is 0 Å². The first kappa shape index (κ1) is 24.4. The molecule has 0 spiro atoms. The van der Waals surface area contributed by atoms with Crippen LogP contribution in [0.4, 0.5) is 0 Å². The van der Waals surface area contributed by atoms with Gasteiger partial charge in [0.15, 0.2) is 0 Å². The van der Waals surface area contributed by atoms with Gasteiger partial charge in [-0.25, -0.2) is 0 Å². The summed E-state index contributed by atoms with van der Waals surface area (Å²) in [5.74, 6) is -0.608. The van der Waals surface area contributed by atoms with E-state index in [2.05, 4.69) is 26.6 Å². The third-order valence-corrected chi connectivity index (χ3v) is 6.35.